The van der Waals surface area contributed by atoms with Crippen LogP contribution in [0.4, 0.5) is 0 Å². The van der Waals surface area contributed by atoms with Crippen LogP contribution in [0.25, 0.3) is 0 Å². The molecule has 2 N–H and O–H groups in total. The molecule has 0 saturated carbocycles. The van der Waals surface area contributed by atoms with Crippen molar-refractivity contribution in [3.05, 3.63) is 52.9 Å². The van der Waals surface area contributed by atoms with Crippen molar-refractivity contribution in [3.63, 3.8) is 0 Å². The van der Waals surface area contributed by atoms with Crippen LogP contribution in [0.15, 0.2) is 52.4 Å². The summed E-state index contributed by atoms with van der Waals surface area (Å²) in [6.45, 7) is 0.575. The Bertz CT molecular complexity index is 478. The van der Waals surface area contributed by atoms with Crippen LogP contribution in [-0.2, 0) is 0 Å². The number of benzene rings is 1. The van der Waals surface area contributed by atoms with Gasteiger partial charge in [0.25, 0.3) is 0 Å². The van der Waals surface area contributed by atoms with Crippen LogP contribution in [0.3, 0.4) is 0 Å². The molecular weight excluding hydrogens is 298 g/mol. The molecule has 1 unspecified atom stereocenters. The highest BCUT2D eigenvalue weighted by molar-refractivity contribution is 9.10. The summed E-state index contributed by atoms with van der Waals surface area (Å²) in [7, 11) is 0. The van der Waals surface area contributed by atoms with E-state index in [1.165, 1.54) is 5.56 Å². The number of aromatic nitrogens is 2. The van der Waals surface area contributed by atoms with Gasteiger partial charge in [-0.05, 0) is 23.8 Å². The number of nitrogens with two attached hydrogens (primary N) is 1. The van der Waals surface area contributed by atoms with Crippen molar-refractivity contribution in [3.8, 4) is 0 Å². The molecule has 2 aromatic rings. The molecule has 0 radical (unpaired) electrons. The topological polar surface area (TPSA) is 51.8 Å². The molecule has 0 aliphatic carbocycles. The second-order valence-corrected chi connectivity index (χ2v) is 5.58. The summed E-state index contributed by atoms with van der Waals surface area (Å²) in [5.74, 6) is 0. The zero-order valence-electron chi connectivity index (χ0n) is 9.08. The van der Waals surface area contributed by atoms with Gasteiger partial charge < -0.3 is 5.73 Å². The quantitative estimate of drug-likeness (QED) is 0.696. The minimum Gasteiger partial charge on any atom is -0.329 e. The van der Waals surface area contributed by atoms with E-state index in [0.29, 0.717) is 6.54 Å². The predicted molar refractivity (Wildman–Crippen MR) is 73.8 cm³/mol. The smallest absolute Gasteiger partial charge is 0.116 e. The number of hydrogen-bond acceptors (Lipinski definition) is 4. The van der Waals surface area contributed by atoms with Crippen molar-refractivity contribution >= 4 is 27.7 Å². The number of hydrogen-bond donors (Lipinski definition) is 1. The number of rotatable bonds is 4. The maximum atomic E-state index is 5.82. The molecule has 0 fully saturated rings. The SMILES string of the molecule is NCC(Sc1ccncn1)c1cccc(Br)c1. The van der Waals surface area contributed by atoms with Crippen molar-refractivity contribution in [1.29, 1.82) is 0 Å². The van der Waals surface area contributed by atoms with Crippen LogP contribution in [0.5, 0.6) is 0 Å². The molecule has 0 aliphatic rings. The predicted octanol–water partition coefficient (Wildman–Crippen LogP) is 3.03. The van der Waals surface area contributed by atoms with Crippen LogP contribution >= 0.6 is 27.7 Å². The van der Waals surface area contributed by atoms with Gasteiger partial charge in [-0.25, -0.2) is 9.97 Å². The molecule has 17 heavy (non-hydrogen) atoms. The fourth-order valence-electron chi connectivity index (χ4n) is 1.45. The van der Waals surface area contributed by atoms with Gasteiger partial charge in [0.2, 0.25) is 0 Å². The molecule has 3 nitrogen and oxygen atoms in total. The Balaban J connectivity index is 2.17. The van der Waals surface area contributed by atoms with E-state index in [1.807, 2.05) is 18.2 Å². The van der Waals surface area contributed by atoms with Crippen molar-refractivity contribution in [2.75, 3.05) is 6.54 Å². The van der Waals surface area contributed by atoms with Gasteiger partial charge in [-0.2, -0.15) is 0 Å². The highest BCUT2D eigenvalue weighted by Crippen LogP contribution is 2.33. The third-order valence-corrected chi connectivity index (χ3v) is 3.98. The Morgan fingerprint density at radius 3 is 2.88 bits per heavy atom. The maximum Gasteiger partial charge on any atom is 0.116 e. The molecular formula is C12H12BrN3S. The summed E-state index contributed by atoms with van der Waals surface area (Å²) < 4.78 is 1.07. The van der Waals surface area contributed by atoms with Crippen LogP contribution < -0.4 is 5.73 Å². The van der Waals surface area contributed by atoms with Gasteiger partial charge in [-0.3, -0.25) is 0 Å². The first-order valence-electron chi connectivity index (χ1n) is 5.18. The molecule has 0 spiro atoms. The largest absolute Gasteiger partial charge is 0.329 e. The second-order valence-electron chi connectivity index (χ2n) is 3.44. The van der Waals surface area contributed by atoms with Crippen molar-refractivity contribution in [2.45, 2.75) is 10.3 Å². The fraction of sp³-hybridized carbons (Fsp3) is 0.167. The average molecular weight is 310 g/mol. The minimum atomic E-state index is 0.211. The third-order valence-electron chi connectivity index (χ3n) is 2.25. The highest BCUT2D eigenvalue weighted by atomic mass is 79.9. The summed E-state index contributed by atoms with van der Waals surface area (Å²) in [5.41, 5.74) is 7.02. The summed E-state index contributed by atoms with van der Waals surface area (Å²) >= 11 is 5.12. The lowest BCUT2D eigenvalue weighted by Gasteiger charge is -2.14. The lowest BCUT2D eigenvalue weighted by molar-refractivity contribution is 0.930. The lowest BCUT2D eigenvalue weighted by atomic mass is 10.1. The second kappa shape index (κ2) is 6.14. The van der Waals surface area contributed by atoms with Gasteiger partial charge >= 0.3 is 0 Å². The van der Waals surface area contributed by atoms with E-state index in [0.717, 1.165) is 9.50 Å². The molecule has 2 rings (SSSR count). The molecule has 5 heteroatoms. The normalized spacial score (nSPS) is 12.4. The molecule has 1 heterocycles. The van der Waals surface area contributed by atoms with E-state index in [2.05, 4.69) is 38.0 Å². The van der Waals surface area contributed by atoms with Crippen LogP contribution in [0.2, 0.25) is 0 Å². The maximum absolute atomic E-state index is 5.82. The molecule has 1 atom stereocenters. The van der Waals surface area contributed by atoms with Gasteiger partial charge in [0, 0.05) is 22.5 Å². The zero-order chi connectivity index (χ0) is 12.1. The molecule has 88 valence electrons. The molecule has 1 aromatic carbocycles. The van der Waals surface area contributed by atoms with Gasteiger partial charge in [0.05, 0.1) is 5.03 Å². The van der Waals surface area contributed by atoms with Crippen molar-refractivity contribution in [1.82, 2.24) is 9.97 Å². The Hall–Kier alpha value is -0.910. The first kappa shape index (κ1) is 12.5. The highest BCUT2D eigenvalue weighted by Gasteiger charge is 2.12. The van der Waals surface area contributed by atoms with E-state index in [4.69, 9.17) is 5.73 Å². The fourth-order valence-corrected chi connectivity index (χ4v) is 2.79. The number of nitrogens with zero attached hydrogens (tertiary/aromatic N) is 2. The van der Waals surface area contributed by atoms with Crippen LogP contribution in [0.1, 0.15) is 10.8 Å². The zero-order valence-corrected chi connectivity index (χ0v) is 11.5. The first-order chi connectivity index (χ1) is 8.29. The Morgan fingerprint density at radius 2 is 2.24 bits per heavy atom. The van der Waals surface area contributed by atoms with Gasteiger partial charge in [0.1, 0.15) is 6.33 Å². The molecule has 0 saturated heterocycles. The third kappa shape index (κ3) is 3.52. The monoisotopic (exact) mass is 309 g/mol. The average Bonchev–Trinajstić information content (AvgIpc) is 2.37. The number of halogens is 1. The molecule has 0 amide bonds. The summed E-state index contributed by atoms with van der Waals surface area (Å²) in [5, 5.41) is 1.15. The minimum absolute atomic E-state index is 0.211. The summed E-state index contributed by atoms with van der Waals surface area (Å²) in [6, 6.07) is 10.1. The van der Waals surface area contributed by atoms with E-state index in [-0.39, 0.29) is 5.25 Å². The van der Waals surface area contributed by atoms with Crippen LogP contribution in [0, 0.1) is 0 Å². The molecule has 1 aromatic heterocycles. The lowest BCUT2D eigenvalue weighted by Crippen LogP contribution is -2.09. The number of thioether (sulfide) groups is 1. The summed E-state index contributed by atoms with van der Waals surface area (Å²) in [6.07, 6.45) is 3.29. The van der Waals surface area contributed by atoms with Gasteiger partial charge in [-0.1, -0.05) is 39.8 Å². The van der Waals surface area contributed by atoms with E-state index >= 15 is 0 Å². The molecule has 0 bridgehead atoms. The van der Waals surface area contributed by atoms with Crippen molar-refractivity contribution < 1.29 is 0 Å². The standard InChI is InChI=1S/C12H12BrN3S/c13-10-3-1-2-9(6-10)11(7-14)17-12-4-5-15-8-16-12/h1-6,8,11H,7,14H2. The summed E-state index contributed by atoms with van der Waals surface area (Å²) in [4.78, 5) is 8.10. The van der Waals surface area contributed by atoms with E-state index < -0.39 is 0 Å². The molecule has 0 aliphatic heterocycles. The van der Waals surface area contributed by atoms with Gasteiger partial charge in [0.15, 0.2) is 0 Å². The van der Waals surface area contributed by atoms with Crippen molar-refractivity contribution in [2.24, 2.45) is 5.73 Å². The first-order valence-corrected chi connectivity index (χ1v) is 6.85. The van der Waals surface area contributed by atoms with Crippen LogP contribution in [-0.4, -0.2) is 16.5 Å². The Kier molecular flexibility index (Phi) is 4.53. The van der Waals surface area contributed by atoms with Gasteiger partial charge in [-0.15, -0.1) is 0 Å². The van der Waals surface area contributed by atoms with E-state index in [1.54, 1.807) is 24.3 Å². The Morgan fingerprint density at radius 1 is 1.35 bits per heavy atom. The van der Waals surface area contributed by atoms with E-state index in [9.17, 15) is 0 Å². The Labute approximate surface area is 113 Å².